The number of urea groups is 1. The van der Waals surface area contributed by atoms with Crippen LogP contribution in [0.15, 0.2) is 24.3 Å². The van der Waals surface area contributed by atoms with E-state index in [9.17, 15) is 9.18 Å². The summed E-state index contributed by atoms with van der Waals surface area (Å²) in [5.74, 6) is -0.339. The molecule has 1 aliphatic heterocycles. The summed E-state index contributed by atoms with van der Waals surface area (Å²) in [5, 5.41) is 2.75. The predicted octanol–water partition coefficient (Wildman–Crippen LogP) is 3.17. The number of benzene rings is 1. The highest BCUT2D eigenvalue weighted by Gasteiger charge is 2.20. The van der Waals surface area contributed by atoms with Crippen molar-refractivity contribution in [2.45, 2.75) is 26.2 Å². The van der Waals surface area contributed by atoms with Gasteiger partial charge in [0.25, 0.3) is 0 Å². The summed E-state index contributed by atoms with van der Waals surface area (Å²) in [7, 11) is 0. The van der Waals surface area contributed by atoms with E-state index in [2.05, 4.69) is 17.1 Å². The summed E-state index contributed by atoms with van der Waals surface area (Å²) in [6.45, 7) is 6.61. The van der Waals surface area contributed by atoms with Crippen LogP contribution in [0.1, 0.15) is 26.2 Å². The van der Waals surface area contributed by atoms with Gasteiger partial charge in [0.2, 0.25) is 0 Å². The summed E-state index contributed by atoms with van der Waals surface area (Å²) in [5.41, 5.74) is 0.505. The standard InChI is InChI=1S/C16H24FN3O/c1-2-3-4-8-19-9-11-20(12-10-19)16(21)18-15-7-5-6-14(17)13-15/h5-7,13H,2-4,8-12H2,1H3,(H,18,21). The molecule has 0 bridgehead atoms. The summed E-state index contributed by atoms with van der Waals surface area (Å²) in [6.07, 6.45) is 3.72. The molecule has 0 radical (unpaired) electrons. The van der Waals surface area contributed by atoms with Gasteiger partial charge in [0.05, 0.1) is 0 Å². The fourth-order valence-corrected chi connectivity index (χ4v) is 2.53. The minimum atomic E-state index is -0.339. The van der Waals surface area contributed by atoms with E-state index in [0.29, 0.717) is 5.69 Å². The predicted molar refractivity (Wildman–Crippen MR) is 83.0 cm³/mol. The first-order valence-corrected chi connectivity index (χ1v) is 7.73. The third kappa shape index (κ3) is 5.01. The fraction of sp³-hybridized carbons (Fsp3) is 0.562. The number of carbonyl (C=O) groups is 1. The second kappa shape index (κ2) is 7.98. The number of rotatable bonds is 5. The molecule has 1 aromatic rings. The van der Waals surface area contributed by atoms with Gasteiger partial charge in [-0.3, -0.25) is 4.90 Å². The average Bonchev–Trinajstić information content (AvgIpc) is 2.48. The van der Waals surface area contributed by atoms with Gasteiger partial charge < -0.3 is 10.2 Å². The minimum Gasteiger partial charge on any atom is -0.322 e. The second-order valence-corrected chi connectivity index (χ2v) is 5.48. The van der Waals surface area contributed by atoms with E-state index in [0.717, 1.165) is 32.7 Å². The summed E-state index contributed by atoms with van der Waals surface area (Å²) < 4.78 is 13.1. The Morgan fingerprint density at radius 1 is 1.24 bits per heavy atom. The molecule has 0 spiro atoms. The van der Waals surface area contributed by atoms with Gasteiger partial charge in [-0.2, -0.15) is 0 Å². The van der Waals surface area contributed by atoms with E-state index in [-0.39, 0.29) is 11.8 Å². The quantitative estimate of drug-likeness (QED) is 0.846. The zero-order valence-corrected chi connectivity index (χ0v) is 12.6. The number of amides is 2. The first-order valence-electron chi connectivity index (χ1n) is 7.73. The molecule has 1 N–H and O–H groups in total. The van der Waals surface area contributed by atoms with Crippen LogP contribution in [0.5, 0.6) is 0 Å². The van der Waals surface area contributed by atoms with Crippen molar-refractivity contribution in [1.29, 1.82) is 0 Å². The molecule has 1 aliphatic rings. The van der Waals surface area contributed by atoms with Gasteiger partial charge in [0, 0.05) is 31.9 Å². The van der Waals surface area contributed by atoms with Gasteiger partial charge in [0.15, 0.2) is 0 Å². The molecule has 4 nitrogen and oxygen atoms in total. The van der Waals surface area contributed by atoms with Gasteiger partial charge >= 0.3 is 6.03 Å². The highest BCUT2D eigenvalue weighted by molar-refractivity contribution is 5.89. The number of hydrogen-bond acceptors (Lipinski definition) is 2. The third-order valence-electron chi connectivity index (χ3n) is 3.81. The number of carbonyl (C=O) groups excluding carboxylic acids is 1. The van der Waals surface area contributed by atoms with Crippen LogP contribution in [0, 0.1) is 5.82 Å². The minimum absolute atomic E-state index is 0.145. The molecule has 1 aromatic carbocycles. The lowest BCUT2D eigenvalue weighted by molar-refractivity contribution is 0.146. The highest BCUT2D eigenvalue weighted by atomic mass is 19.1. The molecule has 0 atom stereocenters. The summed E-state index contributed by atoms with van der Waals surface area (Å²) >= 11 is 0. The van der Waals surface area contributed by atoms with Crippen molar-refractivity contribution in [3.05, 3.63) is 30.1 Å². The first-order chi connectivity index (χ1) is 10.2. The molecule has 1 fully saturated rings. The number of hydrogen-bond donors (Lipinski definition) is 1. The SMILES string of the molecule is CCCCCN1CCN(C(=O)Nc2cccc(F)c2)CC1. The monoisotopic (exact) mass is 293 g/mol. The lowest BCUT2D eigenvalue weighted by atomic mass is 10.2. The zero-order chi connectivity index (χ0) is 15.1. The normalized spacial score (nSPS) is 16.0. The van der Waals surface area contributed by atoms with Crippen LogP contribution in [0.25, 0.3) is 0 Å². The molecule has 5 heteroatoms. The largest absolute Gasteiger partial charge is 0.322 e. The molecule has 116 valence electrons. The second-order valence-electron chi connectivity index (χ2n) is 5.48. The molecule has 21 heavy (non-hydrogen) atoms. The Morgan fingerprint density at radius 3 is 2.67 bits per heavy atom. The van der Waals surface area contributed by atoms with Crippen LogP contribution in [0.4, 0.5) is 14.9 Å². The number of anilines is 1. The molecule has 0 aromatic heterocycles. The van der Waals surface area contributed by atoms with Crippen LogP contribution in [0.3, 0.4) is 0 Å². The molecular weight excluding hydrogens is 269 g/mol. The molecule has 1 saturated heterocycles. The third-order valence-corrected chi connectivity index (χ3v) is 3.81. The van der Waals surface area contributed by atoms with Crippen molar-refractivity contribution in [2.75, 3.05) is 38.0 Å². The maximum absolute atomic E-state index is 13.1. The Labute approximate surface area is 125 Å². The topological polar surface area (TPSA) is 35.6 Å². The summed E-state index contributed by atoms with van der Waals surface area (Å²) in [6, 6.07) is 5.84. The van der Waals surface area contributed by atoms with Gasteiger partial charge in [-0.15, -0.1) is 0 Å². The molecule has 1 heterocycles. The molecule has 0 aliphatic carbocycles. The van der Waals surface area contributed by atoms with E-state index in [4.69, 9.17) is 0 Å². The van der Waals surface area contributed by atoms with Crippen molar-refractivity contribution in [3.63, 3.8) is 0 Å². The number of nitrogens with one attached hydrogen (secondary N) is 1. The van der Waals surface area contributed by atoms with Crippen molar-refractivity contribution >= 4 is 11.7 Å². The average molecular weight is 293 g/mol. The highest BCUT2D eigenvalue weighted by Crippen LogP contribution is 2.11. The van der Waals surface area contributed by atoms with Crippen LogP contribution < -0.4 is 5.32 Å². The maximum atomic E-state index is 13.1. The van der Waals surface area contributed by atoms with Crippen LogP contribution in [-0.4, -0.2) is 48.6 Å². The van der Waals surface area contributed by atoms with E-state index in [1.54, 1.807) is 17.0 Å². The van der Waals surface area contributed by atoms with Gasteiger partial charge in [-0.25, -0.2) is 9.18 Å². The molecular formula is C16H24FN3O. The Kier molecular flexibility index (Phi) is 5.99. The smallest absolute Gasteiger partial charge is 0.321 e. The lowest BCUT2D eigenvalue weighted by Crippen LogP contribution is -2.50. The molecule has 2 rings (SSSR count). The Hall–Kier alpha value is -1.62. The lowest BCUT2D eigenvalue weighted by Gasteiger charge is -2.34. The Morgan fingerprint density at radius 2 is 2.00 bits per heavy atom. The van der Waals surface area contributed by atoms with Crippen LogP contribution in [-0.2, 0) is 0 Å². The van der Waals surface area contributed by atoms with E-state index < -0.39 is 0 Å². The number of piperazine rings is 1. The van der Waals surface area contributed by atoms with E-state index >= 15 is 0 Å². The fourth-order valence-electron chi connectivity index (χ4n) is 2.53. The van der Waals surface area contributed by atoms with E-state index in [1.165, 1.54) is 31.4 Å². The number of unbranched alkanes of at least 4 members (excludes halogenated alkanes) is 2. The first kappa shape index (κ1) is 15.8. The van der Waals surface area contributed by atoms with Crippen molar-refractivity contribution in [3.8, 4) is 0 Å². The zero-order valence-electron chi connectivity index (χ0n) is 12.6. The molecule has 0 unspecified atom stereocenters. The van der Waals surface area contributed by atoms with Gasteiger partial charge in [-0.05, 0) is 31.2 Å². The Bertz CT molecular complexity index is 459. The Balaban J connectivity index is 1.75. The van der Waals surface area contributed by atoms with Crippen LogP contribution >= 0.6 is 0 Å². The van der Waals surface area contributed by atoms with E-state index in [1.807, 2.05) is 0 Å². The molecule has 0 saturated carbocycles. The van der Waals surface area contributed by atoms with Crippen molar-refractivity contribution in [1.82, 2.24) is 9.80 Å². The van der Waals surface area contributed by atoms with Crippen molar-refractivity contribution < 1.29 is 9.18 Å². The van der Waals surface area contributed by atoms with Crippen LogP contribution in [0.2, 0.25) is 0 Å². The van der Waals surface area contributed by atoms with Crippen molar-refractivity contribution in [2.24, 2.45) is 0 Å². The number of nitrogens with zero attached hydrogens (tertiary/aromatic N) is 2. The maximum Gasteiger partial charge on any atom is 0.321 e. The molecule has 2 amide bonds. The number of halogens is 1. The van der Waals surface area contributed by atoms with Gasteiger partial charge in [-0.1, -0.05) is 25.8 Å². The van der Waals surface area contributed by atoms with Gasteiger partial charge in [0.1, 0.15) is 5.82 Å². The summed E-state index contributed by atoms with van der Waals surface area (Å²) in [4.78, 5) is 16.3.